The molecule has 180 valence electrons. The highest BCUT2D eigenvalue weighted by atomic mass is 16.2. The van der Waals surface area contributed by atoms with Gasteiger partial charge in [0, 0.05) is 65.2 Å². The third-order valence-corrected chi connectivity index (χ3v) is 7.17. The number of nitrogens with zero attached hydrogens (tertiary/aromatic N) is 3. The highest BCUT2D eigenvalue weighted by molar-refractivity contribution is 6.18. The molecular weight excluding hydrogens is 450 g/mol. The second-order valence-electron chi connectivity index (χ2n) is 9.53. The van der Waals surface area contributed by atoms with Crippen LogP contribution in [0.4, 0.5) is 0 Å². The van der Waals surface area contributed by atoms with Gasteiger partial charge in [0.25, 0.3) is 5.91 Å². The molecule has 1 aliphatic rings. The molecule has 1 saturated heterocycles. The number of piperazine rings is 1. The topological polar surface area (TPSA) is 95.3 Å². The zero-order valence-electron chi connectivity index (χ0n) is 20.1. The summed E-state index contributed by atoms with van der Waals surface area (Å²) in [6.45, 7) is 3.19. The Morgan fingerprint density at radius 1 is 0.972 bits per heavy atom. The van der Waals surface area contributed by atoms with Crippen molar-refractivity contribution in [3.05, 3.63) is 78.0 Å². The van der Waals surface area contributed by atoms with Crippen molar-refractivity contribution < 1.29 is 9.59 Å². The predicted molar refractivity (Wildman–Crippen MR) is 143 cm³/mol. The smallest absolute Gasteiger partial charge is 0.254 e. The molecule has 2 aromatic heterocycles. The van der Waals surface area contributed by atoms with Gasteiger partial charge in [-0.25, -0.2) is 0 Å². The third-order valence-electron chi connectivity index (χ3n) is 7.17. The summed E-state index contributed by atoms with van der Waals surface area (Å²) >= 11 is 0. The first kappa shape index (κ1) is 22.2. The van der Waals surface area contributed by atoms with Crippen LogP contribution >= 0.6 is 0 Å². The van der Waals surface area contributed by atoms with Crippen LogP contribution in [0.15, 0.2) is 66.9 Å². The SMILES string of the molecule is CN1CCN(C(=O)c2ccc3c(c2)[nH]c2c(CC(N)=O)ccc(-c4nccc5ccccc45)c23)CC1. The molecule has 7 nitrogen and oxygen atoms in total. The van der Waals surface area contributed by atoms with E-state index in [1.165, 1.54) is 0 Å². The van der Waals surface area contributed by atoms with Crippen molar-refractivity contribution in [2.75, 3.05) is 33.2 Å². The Kier molecular flexibility index (Phi) is 5.42. The second kappa shape index (κ2) is 8.77. The second-order valence-corrected chi connectivity index (χ2v) is 9.53. The van der Waals surface area contributed by atoms with E-state index < -0.39 is 5.91 Å². The van der Waals surface area contributed by atoms with Gasteiger partial charge in [-0.15, -0.1) is 0 Å². The molecule has 0 unspecified atom stereocenters. The molecule has 3 N–H and O–H groups in total. The van der Waals surface area contributed by atoms with E-state index in [4.69, 9.17) is 10.7 Å². The fourth-order valence-corrected chi connectivity index (χ4v) is 5.26. The highest BCUT2D eigenvalue weighted by Gasteiger charge is 2.22. The summed E-state index contributed by atoms with van der Waals surface area (Å²) in [6.07, 6.45) is 1.95. The first-order valence-electron chi connectivity index (χ1n) is 12.2. The van der Waals surface area contributed by atoms with Gasteiger partial charge in [-0.05, 0) is 36.2 Å². The van der Waals surface area contributed by atoms with Crippen LogP contribution in [0.25, 0.3) is 43.8 Å². The van der Waals surface area contributed by atoms with Crippen LogP contribution in [0, 0.1) is 0 Å². The van der Waals surface area contributed by atoms with Crippen molar-refractivity contribution in [3.63, 3.8) is 0 Å². The number of fused-ring (bicyclic) bond motifs is 4. The number of aromatic amines is 1. The van der Waals surface area contributed by atoms with Crippen LogP contribution in [0.5, 0.6) is 0 Å². The maximum atomic E-state index is 13.2. The Balaban J connectivity index is 1.54. The number of amides is 2. The Morgan fingerprint density at radius 3 is 2.58 bits per heavy atom. The zero-order valence-corrected chi connectivity index (χ0v) is 20.1. The predicted octanol–water partition coefficient (Wildman–Crippen LogP) is 3.95. The first-order chi connectivity index (χ1) is 17.5. The fourth-order valence-electron chi connectivity index (χ4n) is 5.26. The maximum Gasteiger partial charge on any atom is 0.254 e. The van der Waals surface area contributed by atoms with Gasteiger partial charge < -0.3 is 20.5 Å². The number of benzene rings is 3. The average molecular weight is 478 g/mol. The number of hydrogen-bond donors (Lipinski definition) is 2. The highest BCUT2D eigenvalue weighted by Crippen LogP contribution is 2.38. The van der Waals surface area contributed by atoms with Crippen molar-refractivity contribution in [2.45, 2.75) is 6.42 Å². The van der Waals surface area contributed by atoms with Crippen LogP contribution in [0.2, 0.25) is 0 Å². The van der Waals surface area contributed by atoms with E-state index in [0.29, 0.717) is 5.56 Å². The molecule has 36 heavy (non-hydrogen) atoms. The molecule has 0 saturated carbocycles. The number of primary amides is 1. The maximum absolute atomic E-state index is 13.2. The number of H-pyrrole nitrogens is 1. The van der Waals surface area contributed by atoms with Crippen molar-refractivity contribution in [1.82, 2.24) is 19.8 Å². The number of carbonyl (C=O) groups excluding carboxylic acids is 2. The minimum Gasteiger partial charge on any atom is -0.369 e. The summed E-state index contributed by atoms with van der Waals surface area (Å²) in [5.74, 6) is -0.353. The molecule has 2 amide bonds. The number of pyridine rings is 1. The van der Waals surface area contributed by atoms with E-state index in [1.54, 1.807) is 0 Å². The van der Waals surface area contributed by atoms with E-state index in [1.807, 2.05) is 59.6 Å². The Labute approximate surface area is 208 Å². The van der Waals surface area contributed by atoms with Crippen molar-refractivity contribution in [1.29, 1.82) is 0 Å². The first-order valence-corrected chi connectivity index (χ1v) is 12.2. The zero-order chi connectivity index (χ0) is 24.8. The molecule has 3 aromatic carbocycles. The van der Waals surface area contributed by atoms with Crippen molar-refractivity contribution >= 4 is 44.4 Å². The fraction of sp³-hybridized carbons (Fsp3) is 0.207. The molecular formula is C29H27N5O2. The molecule has 3 heterocycles. The number of nitrogens with one attached hydrogen (secondary N) is 1. The molecule has 0 aliphatic carbocycles. The number of aromatic nitrogens is 2. The third kappa shape index (κ3) is 3.78. The number of hydrogen-bond acceptors (Lipinski definition) is 4. The van der Waals surface area contributed by atoms with Gasteiger partial charge in [0.2, 0.25) is 5.91 Å². The van der Waals surface area contributed by atoms with Gasteiger partial charge in [0.05, 0.1) is 17.6 Å². The van der Waals surface area contributed by atoms with Crippen molar-refractivity contribution in [3.8, 4) is 11.3 Å². The largest absolute Gasteiger partial charge is 0.369 e. The Morgan fingerprint density at radius 2 is 1.78 bits per heavy atom. The van der Waals surface area contributed by atoms with Crippen LogP contribution in [0.3, 0.4) is 0 Å². The van der Waals surface area contributed by atoms with Gasteiger partial charge in [-0.2, -0.15) is 0 Å². The Bertz CT molecular complexity index is 1640. The van der Waals surface area contributed by atoms with E-state index >= 15 is 0 Å². The van der Waals surface area contributed by atoms with E-state index in [2.05, 4.69) is 29.1 Å². The quantitative estimate of drug-likeness (QED) is 0.410. The molecule has 7 heteroatoms. The molecule has 1 aliphatic heterocycles. The van der Waals surface area contributed by atoms with Crippen molar-refractivity contribution in [2.24, 2.45) is 5.73 Å². The van der Waals surface area contributed by atoms with E-state index in [9.17, 15) is 9.59 Å². The molecule has 0 radical (unpaired) electrons. The molecule has 6 rings (SSSR count). The van der Waals surface area contributed by atoms with Gasteiger partial charge in [-0.3, -0.25) is 14.6 Å². The number of carbonyl (C=O) groups is 2. The lowest BCUT2D eigenvalue weighted by Gasteiger charge is -2.32. The molecule has 1 fully saturated rings. The minimum absolute atomic E-state index is 0.0389. The van der Waals surface area contributed by atoms with E-state index in [-0.39, 0.29) is 12.3 Å². The lowest BCUT2D eigenvalue weighted by atomic mass is 9.96. The van der Waals surface area contributed by atoms with E-state index in [0.717, 1.165) is 75.6 Å². The summed E-state index contributed by atoms with van der Waals surface area (Å²) in [5.41, 5.74) is 10.6. The number of nitrogens with two attached hydrogens (primary N) is 1. The van der Waals surface area contributed by atoms with Crippen LogP contribution in [-0.2, 0) is 11.2 Å². The van der Waals surface area contributed by atoms with Gasteiger partial charge in [0.1, 0.15) is 0 Å². The van der Waals surface area contributed by atoms with Crippen LogP contribution < -0.4 is 5.73 Å². The summed E-state index contributed by atoms with van der Waals surface area (Å²) in [7, 11) is 2.07. The standard InChI is InChI=1S/C29H27N5O2/c1-33-12-14-34(15-13-33)29(36)20-7-8-22-24(16-20)32-27-19(17-25(30)35)6-9-23(26(22)27)28-21-5-3-2-4-18(21)10-11-31-28/h2-11,16,32H,12-15,17H2,1H3,(H2,30,35). The average Bonchev–Trinajstić information content (AvgIpc) is 3.28. The lowest BCUT2D eigenvalue weighted by molar-refractivity contribution is -0.117. The lowest BCUT2D eigenvalue weighted by Crippen LogP contribution is -2.47. The summed E-state index contributed by atoms with van der Waals surface area (Å²) < 4.78 is 0. The normalized spacial score (nSPS) is 14.6. The summed E-state index contributed by atoms with van der Waals surface area (Å²) in [5, 5.41) is 4.12. The number of rotatable bonds is 4. The molecule has 0 bridgehead atoms. The molecule has 0 spiro atoms. The van der Waals surface area contributed by atoms with Crippen LogP contribution in [0.1, 0.15) is 15.9 Å². The number of likely N-dealkylation sites (N-methyl/N-ethyl adjacent to an activating group) is 1. The van der Waals surface area contributed by atoms with Crippen LogP contribution in [-0.4, -0.2) is 64.8 Å². The summed E-state index contributed by atoms with van der Waals surface area (Å²) in [6, 6.07) is 20.0. The minimum atomic E-state index is -0.392. The van der Waals surface area contributed by atoms with Gasteiger partial charge in [0.15, 0.2) is 0 Å². The molecule has 0 atom stereocenters. The van der Waals surface area contributed by atoms with Gasteiger partial charge in [-0.1, -0.05) is 42.5 Å². The Hall–Kier alpha value is -4.23. The molecule has 5 aromatic rings. The monoisotopic (exact) mass is 477 g/mol. The summed E-state index contributed by atoms with van der Waals surface area (Å²) in [4.78, 5) is 37.5. The van der Waals surface area contributed by atoms with Gasteiger partial charge >= 0.3 is 0 Å².